The zero-order chi connectivity index (χ0) is 19.1. The van der Waals surface area contributed by atoms with Crippen molar-refractivity contribution < 1.29 is 19.1 Å². The fraction of sp³-hybridized carbons (Fsp3) is 0.222. The summed E-state index contributed by atoms with van der Waals surface area (Å²) in [6, 6.07) is 11.4. The molecule has 4 N–H and O–H groups in total. The Morgan fingerprint density at radius 1 is 1.15 bits per heavy atom. The van der Waals surface area contributed by atoms with E-state index in [1.54, 1.807) is 49.4 Å². The van der Waals surface area contributed by atoms with Crippen LogP contribution < -0.4 is 25.8 Å². The molecule has 0 aliphatic heterocycles. The number of hydrogen-bond acceptors (Lipinski definition) is 5. The second-order valence-corrected chi connectivity index (χ2v) is 5.92. The van der Waals surface area contributed by atoms with Gasteiger partial charge in [-0.05, 0) is 37.3 Å². The molecule has 7 nitrogen and oxygen atoms in total. The first kappa shape index (κ1) is 19.4. The third kappa shape index (κ3) is 5.56. The van der Waals surface area contributed by atoms with Crippen LogP contribution in [0.3, 0.4) is 0 Å². The highest BCUT2D eigenvalue weighted by molar-refractivity contribution is 6.30. The lowest BCUT2D eigenvalue weighted by molar-refractivity contribution is -0.120. The Hall–Kier alpha value is -2.93. The molecule has 0 aromatic heterocycles. The highest BCUT2D eigenvalue weighted by Gasteiger charge is 2.15. The minimum Gasteiger partial charge on any atom is -0.493 e. The highest BCUT2D eigenvalue weighted by atomic mass is 35.5. The van der Waals surface area contributed by atoms with Crippen molar-refractivity contribution in [1.29, 1.82) is 0 Å². The van der Waals surface area contributed by atoms with Crippen LogP contribution in [0.5, 0.6) is 11.5 Å². The first-order valence-electron chi connectivity index (χ1n) is 7.81. The molecule has 0 heterocycles. The summed E-state index contributed by atoms with van der Waals surface area (Å²) in [5.74, 6) is -0.0334. The maximum Gasteiger partial charge on any atom is 0.255 e. The van der Waals surface area contributed by atoms with Crippen LogP contribution in [0.25, 0.3) is 0 Å². The Morgan fingerprint density at radius 2 is 1.92 bits per heavy atom. The van der Waals surface area contributed by atoms with Crippen LogP contribution in [-0.2, 0) is 9.59 Å². The van der Waals surface area contributed by atoms with E-state index in [9.17, 15) is 9.59 Å². The first-order valence-corrected chi connectivity index (χ1v) is 8.19. The van der Waals surface area contributed by atoms with Crippen molar-refractivity contribution in [3.05, 3.63) is 47.5 Å². The number of methoxy groups -OCH3 is 1. The Kier molecular flexibility index (Phi) is 6.68. The third-order valence-electron chi connectivity index (χ3n) is 3.40. The molecule has 8 heteroatoms. The summed E-state index contributed by atoms with van der Waals surface area (Å²) in [6.07, 6.45) is 0. The Morgan fingerprint density at radius 3 is 2.58 bits per heavy atom. The number of ether oxygens (including phenoxy) is 2. The van der Waals surface area contributed by atoms with Crippen molar-refractivity contribution in [2.24, 2.45) is 5.73 Å². The number of primary amides is 1. The monoisotopic (exact) mass is 377 g/mol. The zero-order valence-electron chi connectivity index (χ0n) is 14.4. The Bertz CT molecular complexity index is 798. The second-order valence-electron chi connectivity index (χ2n) is 5.49. The second kappa shape index (κ2) is 8.96. The molecule has 0 saturated carbocycles. The molecule has 26 heavy (non-hydrogen) atoms. The predicted molar refractivity (Wildman–Crippen MR) is 101 cm³/mol. The summed E-state index contributed by atoms with van der Waals surface area (Å²) >= 11 is 5.91. The van der Waals surface area contributed by atoms with E-state index in [-0.39, 0.29) is 12.5 Å². The molecular formula is C18H20ClN3O4. The molecule has 0 radical (unpaired) electrons. The average molecular weight is 378 g/mol. The molecule has 0 saturated heterocycles. The van der Waals surface area contributed by atoms with E-state index in [4.69, 9.17) is 26.8 Å². The smallest absolute Gasteiger partial charge is 0.255 e. The van der Waals surface area contributed by atoms with Gasteiger partial charge >= 0.3 is 0 Å². The minimum atomic E-state index is -0.598. The van der Waals surface area contributed by atoms with E-state index in [0.29, 0.717) is 27.9 Å². The lowest BCUT2D eigenvalue weighted by Gasteiger charge is -2.17. The summed E-state index contributed by atoms with van der Waals surface area (Å²) in [7, 11) is 1.49. The number of halogens is 1. The summed E-state index contributed by atoms with van der Waals surface area (Å²) in [5, 5.41) is 6.37. The van der Waals surface area contributed by atoms with E-state index in [0.717, 1.165) is 0 Å². The van der Waals surface area contributed by atoms with Crippen molar-refractivity contribution in [3.8, 4) is 11.5 Å². The largest absolute Gasteiger partial charge is 0.493 e. The standard InChI is InChI=1S/C18H20ClN3O4/c1-11(18(24)22-13-5-3-4-12(19)8-13)21-14-6-7-15(25-2)16(9-14)26-10-17(20)23/h3-9,11,21H,10H2,1-2H3,(H2,20,23)(H,22,24)/t11-/m1/s1. The van der Waals surface area contributed by atoms with Gasteiger partial charge in [-0.3, -0.25) is 9.59 Å². The van der Waals surface area contributed by atoms with Gasteiger partial charge < -0.3 is 25.8 Å². The van der Waals surface area contributed by atoms with Gasteiger partial charge in [-0.1, -0.05) is 17.7 Å². The molecular weight excluding hydrogens is 358 g/mol. The van der Waals surface area contributed by atoms with E-state index in [1.165, 1.54) is 7.11 Å². The number of nitrogens with one attached hydrogen (secondary N) is 2. The highest BCUT2D eigenvalue weighted by Crippen LogP contribution is 2.30. The van der Waals surface area contributed by atoms with Gasteiger partial charge in [0.1, 0.15) is 6.04 Å². The van der Waals surface area contributed by atoms with Gasteiger partial charge in [0.05, 0.1) is 7.11 Å². The van der Waals surface area contributed by atoms with Crippen LogP contribution >= 0.6 is 11.6 Å². The van der Waals surface area contributed by atoms with Crippen molar-refractivity contribution >= 4 is 34.8 Å². The number of nitrogens with two attached hydrogens (primary N) is 1. The van der Waals surface area contributed by atoms with E-state index < -0.39 is 11.9 Å². The quantitative estimate of drug-likeness (QED) is 0.656. The summed E-state index contributed by atoms with van der Waals surface area (Å²) in [6.45, 7) is 1.44. The summed E-state index contributed by atoms with van der Waals surface area (Å²) in [5.41, 5.74) is 6.32. The minimum absolute atomic E-state index is 0.234. The Labute approximate surface area is 156 Å². The van der Waals surface area contributed by atoms with Gasteiger partial charge in [0, 0.05) is 22.5 Å². The van der Waals surface area contributed by atoms with Gasteiger partial charge in [0.25, 0.3) is 5.91 Å². The van der Waals surface area contributed by atoms with Crippen molar-refractivity contribution in [3.63, 3.8) is 0 Å². The molecule has 0 bridgehead atoms. The topological polar surface area (TPSA) is 103 Å². The number of hydrogen-bond donors (Lipinski definition) is 3. The molecule has 138 valence electrons. The van der Waals surface area contributed by atoms with Crippen LogP contribution in [0.1, 0.15) is 6.92 Å². The van der Waals surface area contributed by atoms with Crippen molar-refractivity contribution in [1.82, 2.24) is 0 Å². The molecule has 2 amide bonds. The molecule has 0 aliphatic carbocycles. The van der Waals surface area contributed by atoms with Crippen molar-refractivity contribution in [2.75, 3.05) is 24.4 Å². The molecule has 0 aliphatic rings. The van der Waals surface area contributed by atoms with Gasteiger partial charge in [-0.15, -0.1) is 0 Å². The van der Waals surface area contributed by atoms with E-state index in [2.05, 4.69) is 10.6 Å². The zero-order valence-corrected chi connectivity index (χ0v) is 15.2. The maximum absolute atomic E-state index is 12.3. The number of rotatable bonds is 8. The number of carbonyl (C=O) groups excluding carboxylic acids is 2. The fourth-order valence-electron chi connectivity index (χ4n) is 2.16. The van der Waals surface area contributed by atoms with Gasteiger partial charge in [-0.25, -0.2) is 0 Å². The number of anilines is 2. The Balaban J connectivity index is 2.05. The molecule has 2 aromatic carbocycles. The average Bonchev–Trinajstić information content (AvgIpc) is 2.60. The number of carbonyl (C=O) groups is 2. The van der Waals surface area contributed by atoms with Crippen LogP contribution in [0.15, 0.2) is 42.5 Å². The van der Waals surface area contributed by atoms with Crippen LogP contribution in [0.4, 0.5) is 11.4 Å². The first-order chi connectivity index (χ1) is 12.4. The normalized spacial score (nSPS) is 11.3. The van der Waals surface area contributed by atoms with Gasteiger partial charge in [0.2, 0.25) is 5.91 Å². The summed E-state index contributed by atoms with van der Waals surface area (Å²) in [4.78, 5) is 23.2. The van der Waals surface area contributed by atoms with Gasteiger partial charge in [-0.2, -0.15) is 0 Å². The maximum atomic E-state index is 12.3. The van der Waals surface area contributed by atoms with Crippen LogP contribution in [0.2, 0.25) is 5.02 Å². The van der Waals surface area contributed by atoms with E-state index in [1.807, 2.05) is 0 Å². The molecule has 2 rings (SSSR count). The summed E-state index contributed by atoms with van der Waals surface area (Å²) < 4.78 is 10.5. The van der Waals surface area contributed by atoms with Crippen LogP contribution in [-0.4, -0.2) is 31.6 Å². The van der Waals surface area contributed by atoms with Crippen LogP contribution in [0, 0.1) is 0 Å². The predicted octanol–water partition coefficient (Wildman–Crippen LogP) is 2.65. The molecule has 1 atom stereocenters. The molecule has 2 aromatic rings. The fourth-order valence-corrected chi connectivity index (χ4v) is 2.35. The van der Waals surface area contributed by atoms with Gasteiger partial charge in [0.15, 0.2) is 18.1 Å². The number of benzene rings is 2. The molecule has 0 unspecified atom stereocenters. The number of amides is 2. The third-order valence-corrected chi connectivity index (χ3v) is 3.64. The van der Waals surface area contributed by atoms with Crippen molar-refractivity contribution in [2.45, 2.75) is 13.0 Å². The lowest BCUT2D eigenvalue weighted by atomic mass is 10.2. The lowest BCUT2D eigenvalue weighted by Crippen LogP contribution is -2.31. The molecule has 0 spiro atoms. The molecule has 0 fully saturated rings. The SMILES string of the molecule is COc1ccc(N[C@H](C)C(=O)Nc2cccc(Cl)c2)cc1OCC(N)=O. The van der Waals surface area contributed by atoms with E-state index >= 15 is 0 Å².